The first kappa shape index (κ1) is 11.1. The molecule has 0 aromatic heterocycles. The lowest BCUT2D eigenvalue weighted by molar-refractivity contribution is -0.117. The Hall–Kier alpha value is -1.35. The summed E-state index contributed by atoms with van der Waals surface area (Å²) in [5, 5.41) is 8.96. The minimum Gasteiger partial charge on any atom is -0.392 e. The molecule has 1 aliphatic rings. The third kappa shape index (κ3) is 1.95. The third-order valence-electron chi connectivity index (χ3n) is 3.19. The highest BCUT2D eigenvalue weighted by atomic mass is 16.3. The van der Waals surface area contributed by atoms with E-state index in [-0.39, 0.29) is 12.5 Å². The number of anilines is 1. The van der Waals surface area contributed by atoms with E-state index in [2.05, 4.69) is 6.92 Å². The minimum absolute atomic E-state index is 0.0471. The van der Waals surface area contributed by atoms with Crippen molar-refractivity contribution in [2.75, 3.05) is 4.90 Å². The number of carbonyl (C=O) groups is 1. The SMILES string of the molecule is CCC1CCC(=O)N1c1ccc(CO)cc1. The Labute approximate surface area is 95.7 Å². The molecule has 1 aliphatic heterocycles. The molecule has 1 saturated heterocycles. The summed E-state index contributed by atoms with van der Waals surface area (Å²) in [6.07, 6.45) is 2.60. The molecule has 86 valence electrons. The molecule has 1 amide bonds. The summed E-state index contributed by atoms with van der Waals surface area (Å²) in [4.78, 5) is 13.7. The minimum atomic E-state index is 0.0471. The molecule has 1 heterocycles. The van der Waals surface area contributed by atoms with Crippen molar-refractivity contribution in [2.24, 2.45) is 0 Å². The van der Waals surface area contributed by atoms with Gasteiger partial charge in [-0.1, -0.05) is 19.1 Å². The summed E-state index contributed by atoms with van der Waals surface area (Å²) >= 11 is 0. The fourth-order valence-electron chi connectivity index (χ4n) is 2.25. The van der Waals surface area contributed by atoms with Gasteiger partial charge in [-0.15, -0.1) is 0 Å². The van der Waals surface area contributed by atoms with Gasteiger partial charge in [0.05, 0.1) is 6.61 Å². The molecule has 0 bridgehead atoms. The molecule has 0 aliphatic carbocycles. The van der Waals surface area contributed by atoms with Gasteiger partial charge in [0.25, 0.3) is 0 Å². The fraction of sp³-hybridized carbons (Fsp3) is 0.462. The smallest absolute Gasteiger partial charge is 0.227 e. The Morgan fingerprint density at radius 2 is 2.06 bits per heavy atom. The summed E-state index contributed by atoms with van der Waals surface area (Å²) in [5.41, 5.74) is 1.83. The standard InChI is InChI=1S/C13H17NO2/c1-2-11-7-8-13(16)14(11)12-5-3-10(9-15)4-6-12/h3-6,11,15H,2,7-9H2,1H3. The van der Waals surface area contributed by atoms with Gasteiger partial charge in [0.1, 0.15) is 0 Å². The van der Waals surface area contributed by atoms with Crippen molar-refractivity contribution >= 4 is 11.6 Å². The predicted octanol–water partition coefficient (Wildman–Crippen LogP) is 2.08. The first-order valence-electron chi connectivity index (χ1n) is 5.78. The van der Waals surface area contributed by atoms with Crippen molar-refractivity contribution in [1.29, 1.82) is 0 Å². The number of benzene rings is 1. The molecular formula is C13H17NO2. The van der Waals surface area contributed by atoms with Crippen LogP contribution in [0.4, 0.5) is 5.69 Å². The van der Waals surface area contributed by atoms with Crippen LogP contribution in [0.25, 0.3) is 0 Å². The number of aliphatic hydroxyl groups is 1. The molecule has 0 spiro atoms. The maximum Gasteiger partial charge on any atom is 0.227 e. The van der Waals surface area contributed by atoms with Crippen LogP contribution in [0.1, 0.15) is 31.7 Å². The lowest BCUT2D eigenvalue weighted by Crippen LogP contribution is -2.32. The Balaban J connectivity index is 2.24. The van der Waals surface area contributed by atoms with E-state index in [1.54, 1.807) is 0 Å². The summed E-state index contributed by atoms with van der Waals surface area (Å²) in [7, 11) is 0. The van der Waals surface area contributed by atoms with Gasteiger partial charge in [0, 0.05) is 18.2 Å². The van der Waals surface area contributed by atoms with Crippen molar-refractivity contribution in [3.8, 4) is 0 Å². The van der Waals surface area contributed by atoms with Gasteiger partial charge in [-0.25, -0.2) is 0 Å². The van der Waals surface area contributed by atoms with E-state index in [0.29, 0.717) is 12.5 Å². The lowest BCUT2D eigenvalue weighted by atomic mass is 10.1. The van der Waals surface area contributed by atoms with Crippen molar-refractivity contribution < 1.29 is 9.90 Å². The van der Waals surface area contributed by atoms with Crippen LogP contribution >= 0.6 is 0 Å². The largest absolute Gasteiger partial charge is 0.392 e. The first-order valence-corrected chi connectivity index (χ1v) is 5.78. The normalized spacial score (nSPS) is 20.5. The molecule has 1 unspecified atom stereocenters. The quantitative estimate of drug-likeness (QED) is 0.845. The molecule has 1 aromatic rings. The molecular weight excluding hydrogens is 202 g/mol. The summed E-state index contributed by atoms with van der Waals surface area (Å²) in [6.45, 7) is 2.16. The van der Waals surface area contributed by atoms with Gasteiger partial charge >= 0.3 is 0 Å². The van der Waals surface area contributed by atoms with Gasteiger partial charge in [-0.05, 0) is 30.5 Å². The monoisotopic (exact) mass is 219 g/mol. The fourth-order valence-corrected chi connectivity index (χ4v) is 2.25. The zero-order valence-corrected chi connectivity index (χ0v) is 9.52. The number of amides is 1. The van der Waals surface area contributed by atoms with Crippen LogP contribution < -0.4 is 4.90 Å². The Bertz CT molecular complexity index is 372. The van der Waals surface area contributed by atoms with Crippen molar-refractivity contribution in [3.05, 3.63) is 29.8 Å². The highest BCUT2D eigenvalue weighted by Crippen LogP contribution is 2.28. The molecule has 1 N–H and O–H groups in total. The van der Waals surface area contributed by atoms with Crippen LogP contribution in [-0.2, 0) is 11.4 Å². The van der Waals surface area contributed by atoms with Crippen molar-refractivity contribution in [1.82, 2.24) is 0 Å². The summed E-state index contributed by atoms with van der Waals surface area (Å²) < 4.78 is 0. The molecule has 2 rings (SSSR count). The zero-order chi connectivity index (χ0) is 11.5. The number of hydrogen-bond acceptors (Lipinski definition) is 2. The van der Waals surface area contributed by atoms with Crippen molar-refractivity contribution in [3.63, 3.8) is 0 Å². The van der Waals surface area contributed by atoms with Crippen LogP contribution in [0.15, 0.2) is 24.3 Å². The van der Waals surface area contributed by atoms with E-state index in [9.17, 15) is 4.79 Å². The molecule has 3 heteroatoms. The van der Waals surface area contributed by atoms with Gasteiger partial charge in [0.15, 0.2) is 0 Å². The van der Waals surface area contributed by atoms with E-state index in [4.69, 9.17) is 5.11 Å². The van der Waals surface area contributed by atoms with Gasteiger partial charge in [-0.2, -0.15) is 0 Å². The molecule has 0 saturated carbocycles. The van der Waals surface area contributed by atoms with Gasteiger partial charge in [0.2, 0.25) is 5.91 Å². The molecule has 1 atom stereocenters. The van der Waals surface area contributed by atoms with E-state index in [0.717, 1.165) is 24.1 Å². The van der Waals surface area contributed by atoms with Crippen LogP contribution in [0.5, 0.6) is 0 Å². The van der Waals surface area contributed by atoms with Gasteiger partial charge < -0.3 is 10.0 Å². The Morgan fingerprint density at radius 1 is 1.38 bits per heavy atom. The van der Waals surface area contributed by atoms with E-state index in [1.807, 2.05) is 29.2 Å². The first-order chi connectivity index (χ1) is 7.76. The molecule has 0 radical (unpaired) electrons. The topological polar surface area (TPSA) is 40.5 Å². The highest BCUT2D eigenvalue weighted by molar-refractivity contribution is 5.96. The van der Waals surface area contributed by atoms with Crippen molar-refractivity contribution in [2.45, 2.75) is 38.8 Å². The lowest BCUT2D eigenvalue weighted by Gasteiger charge is -2.24. The maximum absolute atomic E-state index is 11.8. The number of rotatable bonds is 3. The third-order valence-corrected chi connectivity index (χ3v) is 3.19. The summed E-state index contributed by atoms with van der Waals surface area (Å²) in [5.74, 6) is 0.212. The second-order valence-electron chi connectivity index (χ2n) is 4.19. The number of hydrogen-bond donors (Lipinski definition) is 1. The van der Waals surface area contributed by atoms with Crippen LogP contribution in [0.2, 0.25) is 0 Å². The second-order valence-corrected chi connectivity index (χ2v) is 4.19. The van der Waals surface area contributed by atoms with Crippen LogP contribution in [-0.4, -0.2) is 17.1 Å². The average Bonchev–Trinajstić information content (AvgIpc) is 2.70. The van der Waals surface area contributed by atoms with E-state index >= 15 is 0 Å². The van der Waals surface area contributed by atoms with Crippen LogP contribution in [0.3, 0.4) is 0 Å². The van der Waals surface area contributed by atoms with Gasteiger partial charge in [-0.3, -0.25) is 4.79 Å². The maximum atomic E-state index is 11.8. The average molecular weight is 219 g/mol. The number of aliphatic hydroxyl groups excluding tert-OH is 1. The van der Waals surface area contributed by atoms with E-state index < -0.39 is 0 Å². The van der Waals surface area contributed by atoms with E-state index in [1.165, 1.54) is 0 Å². The summed E-state index contributed by atoms with van der Waals surface area (Å²) in [6, 6.07) is 7.91. The molecule has 3 nitrogen and oxygen atoms in total. The molecule has 1 aromatic carbocycles. The second kappa shape index (κ2) is 4.66. The number of nitrogens with zero attached hydrogens (tertiary/aromatic N) is 1. The van der Waals surface area contributed by atoms with Crippen LogP contribution in [0, 0.1) is 0 Å². The molecule has 1 fully saturated rings. The number of carbonyl (C=O) groups excluding carboxylic acids is 1. The predicted molar refractivity (Wildman–Crippen MR) is 63.2 cm³/mol. The molecule has 16 heavy (non-hydrogen) atoms. The Kier molecular flexibility index (Phi) is 3.25. The highest BCUT2D eigenvalue weighted by Gasteiger charge is 2.30. The Morgan fingerprint density at radius 3 is 2.62 bits per heavy atom. The zero-order valence-electron chi connectivity index (χ0n) is 9.52.